The van der Waals surface area contributed by atoms with Crippen molar-refractivity contribution >= 4 is 23.5 Å². The van der Waals surface area contributed by atoms with Crippen LogP contribution in [0.15, 0.2) is 48.5 Å². The number of carbonyl (C=O) groups is 2. The highest BCUT2D eigenvalue weighted by Crippen LogP contribution is 2.36. The molecule has 142 valence electrons. The minimum atomic E-state index is -0.942. The van der Waals surface area contributed by atoms with Crippen LogP contribution in [0, 0.1) is 6.92 Å². The van der Waals surface area contributed by atoms with Gasteiger partial charge in [-0.2, -0.15) is 0 Å². The van der Waals surface area contributed by atoms with E-state index in [-0.39, 0.29) is 12.5 Å². The fraction of sp³-hybridized carbons (Fsp3) is 0.333. The minimum Gasteiger partial charge on any atom is -0.483 e. The highest BCUT2D eigenvalue weighted by atomic mass is 35.5. The SMILES string of the molecule is Cc1c(Cl)cccc1OCC(=O)N1CCC(C(=O)O)(c2ccccc2)CC1. The normalized spacial score (nSPS) is 16.0. The van der Waals surface area contributed by atoms with Crippen LogP contribution in [0.3, 0.4) is 0 Å². The number of likely N-dealkylation sites (tertiary alicyclic amines) is 1. The Hall–Kier alpha value is -2.53. The molecule has 0 spiro atoms. The van der Waals surface area contributed by atoms with E-state index in [0.717, 1.165) is 11.1 Å². The molecule has 1 aliphatic rings. The molecule has 0 radical (unpaired) electrons. The maximum absolute atomic E-state index is 12.5. The Morgan fingerprint density at radius 1 is 1.11 bits per heavy atom. The summed E-state index contributed by atoms with van der Waals surface area (Å²) < 4.78 is 5.62. The number of hydrogen-bond donors (Lipinski definition) is 1. The maximum Gasteiger partial charge on any atom is 0.314 e. The molecule has 5 nitrogen and oxygen atoms in total. The lowest BCUT2D eigenvalue weighted by Crippen LogP contribution is -2.50. The molecular weight excluding hydrogens is 366 g/mol. The van der Waals surface area contributed by atoms with Gasteiger partial charge in [0, 0.05) is 23.7 Å². The number of rotatable bonds is 5. The van der Waals surface area contributed by atoms with Crippen LogP contribution in [0.4, 0.5) is 0 Å². The van der Waals surface area contributed by atoms with Gasteiger partial charge < -0.3 is 14.7 Å². The largest absolute Gasteiger partial charge is 0.483 e. The van der Waals surface area contributed by atoms with Gasteiger partial charge in [-0.1, -0.05) is 48.0 Å². The molecule has 0 unspecified atom stereocenters. The summed E-state index contributed by atoms with van der Waals surface area (Å²) in [6, 6.07) is 14.6. The Labute approximate surface area is 163 Å². The van der Waals surface area contributed by atoms with Gasteiger partial charge in [0.1, 0.15) is 5.75 Å². The Balaban J connectivity index is 1.63. The molecule has 1 heterocycles. The van der Waals surface area contributed by atoms with E-state index in [1.165, 1.54) is 0 Å². The Morgan fingerprint density at radius 2 is 1.78 bits per heavy atom. The summed E-state index contributed by atoms with van der Waals surface area (Å²) in [5.74, 6) is -0.412. The van der Waals surface area contributed by atoms with E-state index >= 15 is 0 Å². The van der Waals surface area contributed by atoms with Crippen molar-refractivity contribution in [3.05, 3.63) is 64.7 Å². The number of ether oxygens (including phenoxy) is 1. The first-order chi connectivity index (χ1) is 12.9. The standard InChI is InChI=1S/C21H22ClNO4/c1-15-17(22)8-5-9-18(15)27-14-19(24)23-12-10-21(11-13-23,20(25)26)16-6-3-2-4-7-16/h2-9H,10-14H2,1H3,(H,25,26). The van der Waals surface area contributed by atoms with Crippen LogP contribution in [0.5, 0.6) is 5.75 Å². The summed E-state index contributed by atoms with van der Waals surface area (Å²) in [4.78, 5) is 26.2. The zero-order chi connectivity index (χ0) is 19.4. The van der Waals surface area contributed by atoms with Crippen molar-refractivity contribution in [2.45, 2.75) is 25.2 Å². The first-order valence-corrected chi connectivity index (χ1v) is 9.26. The predicted octanol–water partition coefficient (Wildman–Crippen LogP) is 3.67. The van der Waals surface area contributed by atoms with Crippen LogP contribution in [0.1, 0.15) is 24.0 Å². The number of aliphatic carboxylic acids is 1. The summed E-state index contributed by atoms with van der Waals surface area (Å²) >= 11 is 6.07. The Kier molecular flexibility index (Phi) is 5.71. The molecule has 3 rings (SSSR count). The molecular formula is C21H22ClNO4. The third-order valence-corrected chi connectivity index (χ3v) is 5.68. The highest BCUT2D eigenvalue weighted by Gasteiger charge is 2.43. The molecule has 6 heteroatoms. The topological polar surface area (TPSA) is 66.8 Å². The number of benzene rings is 2. The van der Waals surface area contributed by atoms with Crippen LogP contribution < -0.4 is 4.74 Å². The molecule has 2 aromatic rings. The van der Waals surface area contributed by atoms with Crippen molar-refractivity contribution in [1.29, 1.82) is 0 Å². The van der Waals surface area contributed by atoms with Gasteiger partial charge in [-0.25, -0.2) is 0 Å². The van der Waals surface area contributed by atoms with Crippen LogP contribution in [-0.2, 0) is 15.0 Å². The number of carboxylic acids is 1. The number of carbonyl (C=O) groups excluding carboxylic acids is 1. The smallest absolute Gasteiger partial charge is 0.314 e. The van der Waals surface area contributed by atoms with E-state index in [0.29, 0.717) is 36.7 Å². The first kappa shape index (κ1) is 19.2. The van der Waals surface area contributed by atoms with Crippen molar-refractivity contribution in [2.24, 2.45) is 0 Å². The summed E-state index contributed by atoms with van der Waals surface area (Å²) in [6.45, 7) is 2.52. The van der Waals surface area contributed by atoms with Crippen molar-refractivity contribution < 1.29 is 19.4 Å². The van der Waals surface area contributed by atoms with E-state index in [2.05, 4.69) is 0 Å². The zero-order valence-electron chi connectivity index (χ0n) is 15.2. The van der Waals surface area contributed by atoms with Gasteiger partial charge in [-0.05, 0) is 37.5 Å². The molecule has 0 atom stereocenters. The summed E-state index contributed by atoms with van der Waals surface area (Å²) in [5.41, 5.74) is 0.637. The summed E-state index contributed by atoms with van der Waals surface area (Å²) in [6.07, 6.45) is 0.766. The number of carboxylic acid groups (broad SMARTS) is 1. The van der Waals surface area contributed by atoms with Crippen LogP contribution in [-0.4, -0.2) is 41.6 Å². The van der Waals surface area contributed by atoms with E-state index in [9.17, 15) is 14.7 Å². The van der Waals surface area contributed by atoms with Gasteiger partial charge in [-0.15, -0.1) is 0 Å². The van der Waals surface area contributed by atoms with Crippen LogP contribution in [0.2, 0.25) is 5.02 Å². The van der Waals surface area contributed by atoms with E-state index in [1.54, 1.807) is 23.1 Å². The van der Waals surface area contributed by atoms with Gasteiger partial charge in [0.2, 0.25) is 0 Å². The molecule has 2 aromatic carbocycles. The fourth-order valence-electron chi connectivity index (χ4n) is 3.50. The molecule has 1 saturated heterocycles. The lowest BCUT2D eigenvalue weighted by atomic mass is 9.73. The van der Waals surface area contributed by atoms with Gasteiger partial charge in [0.05, 0.1) is 5.41 Å². The predicted molar refractivity (Wildman–Crippen MR) is 103 cm³/mol. The van der Waals surface area contributed by atoms with Crippen molar-refractivity contribution in [1.82, 2.24) is 4.90 Å². The lowest BCUT2D eigenvalue weighted by molar-refractivity contribution is -0.148. The van der Waals surface area contributed by atoms with Crippen molar-refractivity contribution in [2.75, 3.05) is 19.7 Å². The molecule has 1 amide bonds. The number of nitrogens with zero attached hydrogens (tertiary/aromatic N) is 1. The average Bonchev–Trinajstić information content (AvgIpc) is 2.69. The second-order valence-corrected chi connectivity index (χ2v) is 7.19. The number of piperidine rings is 1. The Bertz CT molecular complexity index is 829. The number of hydrogen-bond acceptors (Lipinski definition) is 3. The van der Waals surface area contributed by atoms with E-state index in [1.807, 2.05) is 37.3 Å². The van der Waals surface area contributed by atoms with Gasteiger partial charge in [-0.3, -0.25) is 9.59 Å². The molecule has 1 N–H and O–H groups in total. The highest BCUT2D eigenvalue weighted by molar-refractivity contribution is 6.31. The molecule has 27 heavy (non-hydrogen) atoms. The molecule has 0 saturated carbocycles. The van der Waals surface area contributed by atoms with E-state index in [4.69, 9.17) is 16.3 Å². The molecule has 0 aliphatic carbocycles. The summed E-state index contributed by atoms with van der Waals surface area (Å²) in [7, 11) is 0. The summed E-state index contributed by atoms with van der Waals surface area (Å²) in [5, 5.41) is 10.4. The van der Waals surface area contributed by atoms with E-state index < -0.39 is 11.4 Å². The number of amides is 1. The van der Waals surface area contributed by atoms with Gasteiger partial charge in [0.15, 0.2) is 6.61 Å². The lowest BCUT2D eigenvalue weighted by Gasteiger charge is -2.39. The zero-order valence-corrected chi connectivity index (χ0v) is 15.9. The second-order valence-electron chi connectivity index (χ2n) is 6.79. The van der Waals surface area contributed by atoms with Crippen LogP contribution in [0.25, 0.3) is 0 Å². The second kappa shape index (κ2) is 8.01. The third-order valence-electron chi connectivity index (χ3n) is 5.27. The van der Waals surface area contributed by atoms with Crippen LogP contribution >= 0.6 is 11.6 Å². The fourth-order valence-corrected chi connectivity index (χ4v) is 3.66. The van der Waals surface area contributed by atoms with Gasteiger partial charge >= 0.3 is 5.97 Å². The Morgan fingerprint density at radius 3 is 2.41 bits per heavy atom. The monoisotopic (exact) mass is 387 g/mol. The molecule has 1 aliphatic heterocycles. The first-order valence-electron chi connectivity index (χ1n) is 8.89. The maximum atomic E-state index is 12.5. The molecule has 0 bridgehead atoms. The van der Waals surface area contributed by atoms with Gasteiger partial charge in [0.25, 0.3) is 5.91 Å². The van der Waals surface area contributed by atoms with Crippen molar-refractivity contribution in [3.63, 3.8) is 0 Å². The average molecular weight is 388 g/mol. The van der Waals surface area contributed by atoms with Crippen molar-refractivity contribution in [3.8, 4) is 5.75 Å². The number of halogens is 1. The third kappa shape index (κ3) is 3.93. The molecule has 0 aromatic heterocycles. The quantitative estimate of drug-likeness (QED) is 0.850. The minimum absolute atomic E-state index is 0.0907. The molecule has 1 fully saturated rings.